The fraction of sp³-hybridized carbons (Fsp3) is 0.217. The summed E-state index contributed by atoms with van der Waals surface area (Å²) in [5.74, 6) is -0.501. The van der Waals surface area contributed by atoms with E-state index in [-0.39, 0.29) is 30.7 Å². The zero-order valence-electron chi connectivity index (χ0n) is 17.0. The number of amides is 3. The monoisotopic (exact) mass is 434 g/mol. The summed E-state index contributed by atoms with van der Waals surface area (Å²) in [6, 6.07) is 15.2. The van der Waals surface area contributed by atoms with Crippen molar-refractivity contribution in [2.24, 2.45) is 0 Å². The number of benzene rings is 2. The van der Waals surface area contributed by atoms with E-state index in [4.69, 9.17) is 0 Å². The molecule has 0 saturated heterocycles. The van der Waals surface area contributed by atoms with Crippen molar-refractivity contribution in [3.8, 4) is 11.3 Å². The molecule has 2 aromatic carbocycles. The van der Waals surface area contributed by atoms with E-state index in [1.165, 1.54) is 11.3 Å². The Morgan fingerprint density at radius 3 is 2.71 bits per heavy atom. The van der Waals surface area contributed by atoms with Crippen molar-refractivity contribution < 1.29 is 14.4 Å². The number of anilines is 2. The van der Waals surface area contributed by atoms with E-state index in [1.807, 2.05) is 55.5 Å². The van der Waals surface area contributed by atoms with Gasteiger partial charge in [-0.05, 0) is 36.6 Å². The second kappa shape index (κ2) is 9.09. The van der Waals surface area contributed by atoms with E-state index >= 15 is 0 Å². The highest BCUT2D eigenvalue weighted by molar-refractivity contribution is 7.16. The van der Waals surface area contributed by atoms with Gasteiger partial charge in [0.15, 0.2) is 5.13 Å². The average Bonchev–Trinajstić information content (AvgIpc) is 3.12. The number of carbonyl (C=O) groups excluding carboxylic acids is 3. The van der Waals surface area contributed by atoms with Crippen LogP contribution in [-0.2, 0) is 27.2 Å². The lowest BCUT2D eigenvalue weighted by molar-refractivity contribution is -0.123. The molecule has 1 aliphatic heterocycles. The Labute approximate surface area is 183 Å². The molecule has 8 heteroatoms. The van der Waals surface area contributed by atoms with Crippen LogP contribution >= 0.6 is 11.3 Å². The summed E-state index contributed by atoms with van der Waals surface area (Å²) in [5.41, 5.74) is 4.56. The van der Waals surface area contributed by atoms with Crippen molar-refractivity contribution >= 4 is 39.9 Å². The van der Waals surface area contributed by atoms with E-state index in [1.54, 1.807) is 0 Å². The van der Waals surface area contributed by atoms with Crippen molar-refractivity contribution in [2.45, 2.75) is 26.2 Å². The van der Waals surface area contributed by atoms with Crippen molar-refractivity contribution in [2.75, 3.05) is 17.2 Å². The van der Waals surface area contributed by atoms with Gasteiger partial charge < -0.3 is 16.0 Å². The standard InChI is InChI=1S/C23H22N4O3S/c1-14-22(17-7-9-18-16(12-17)8-10-19(28)25-18)27-23(31-14)26-21(30)13-24-20(29)11-15-5-3-2-4-6-15/h2-7,9,12H,8,10-11,13H2,1H3,(H,24,29)(H,25,28)(H,26,27,30). The Balaban J connectivity index is 1.36. The van der Waals surface area contributed by atoms with E-state index < -0.39 is 0 Å². The molecule has 0 spiro atoms. The number of carbonyl (C=O) groups is 3. The molecule has 3 aromatic rings. The van der Waals surface area contributed by atoms with Gasteiger partial charge in [-0.1, -0.05) is 36.4 Å². The average molecular weight is 435 g/mol. The maximum atomic E-state index is 12.2. The minimum absolute atomic E-state index is 0.0333. The molecule has 0 aliphatic carbocycles. The Morgan fingerprint density at radius 2 is 1.90 bits per heavy atom. The van der Waals surface area contributed by atoms with Crippen LogP contribution in [0.5, 0.6) is 0 Å². The molecule has 31 heavy (non-hydrogen) atoms. The predicted octanol–water partition coefficient (Wildman–Crippen LogP) is 3.30. The molecule has 0 unspecified atom stereocenters. The lowest BCUT2D eigenvalue weighted by Crippen LogP contribution is -2.33. The number of nitrogens with one attached hydrogen (secondary N) is 3. The number of hydrogen-bond donors (Lipinski definition) is 3. The molecular formula is C23H22N4O3S. The summed E-state index contributed by atoms with van der Waals surface area (Å²) in [5, 5.41) is 8.75. The van der Waals surface area contributed by atoms with Crippen molar-refractivity contribution in [3.05, 3.63) is 64.5 Å². The van der Waals surface area contributed by atoms with Crippen LogP contribution in [0.2, 0.25) is 0 Å². The van der Waals surface area contributed by atoms with Gasteiger partial charge in [-0.15, -0.1) is 11.3 Å². The molecule has 158 valence electrons. The number of rotatable bonds is 6. The highest BCUT2D eigenvalue weighted by atomic mass is 32.1. The van der Waals surface area contributed by atoms with Gasteiger partial charge in [-0.3, -0.25) is 14.4 Å². The Morgan fingerprint density at radius 1 is 1.10 bits per heavy atom. The molecular weight excluding hydrogens is 412 g/mol. The van der Waals surface area contributed by atoms with E-state index in [0.717, 1.165) is 32.9 Å². The maximum absolute atomic E-state index is 12.2. The maximum Gasteiger partial charge on any atom is 0.245 e. The molecule has 0 saturated carbocycles. The van der Waals surface area contributed by atoms with Gasteiger partial charge in [-0.2, -0.15) is 0 Å². The second-order valence-electron chi connectivity index (χ2n) is 7.33. The van der Waals surface area contributed by atoms with Crippen molar-refractivity contribution in [1.82, 2.24) is 10.3 Å². The van der Waals surface area contributed by atoms with Crippen LogP contribution in [0.1, 0.15) is 22.4 Å². The first kappa shape index (κ1) is 20.7. The molecule has 0 bridgehead atoms. The molecule has 3 N–H and O–H groups in total. The molecule has 0 fully saturated rings. The van der Waals surface area contributed by atoms with Crippen LogP contribution in [0.3, 0.4) is 0 Å². The van der Waals surface area contributed by atoms with Gasteiger partial charge in [0, 0.05) is 22.5 Å². The fourth-order valence-corrected chi connectivity index (χ4v) is 4.29. The fourth-order valence-electron chi connectivity index (χ4n) is 3.43. The number of fused-ring (bicyclic) bond motifs is 1. The van der Waals surface area contributed by atoms with E-state index in [9.17, 15) is 14.4 Å². The third kappa shape index (κ3) is 5.16. The largest absolute Gasteiger partial charge is 0.347 e. The lowest BCUT2D eigenvalue weighted by Gasteiger charge is -2.17. The van der Waals surface area contributed by atoms with Crippen LogP contribution in [0.4, 0.5) is 10.8 Å². The smallest absolute Gasteiger partial charge is 0.245 e. The van der Waals surface area contributed by atoms with E-state index in [0.29, 0.717) is 18.0 Å². The van der Waals surface area contributed by atoms with Crippen LogP contribution in [0.15, 0.2) is 48.5 Å². The molecule has 2 heterocycles. The summed E-state index contributed by atoms with van der Waals surface area (Å²) >= 11 is 1.39. The Kier molecular flexibility index (Phi) is 6.08. The number of nitrogens with zero attached hydrogens (tertiary/aromatic N) is 1. The normalized spacial score (nSPS) is 12.6. The summed E-state index contributed by atoms with van der Waals surface area (Å²) in [7, 11) is 0. The summed E-state index contributed by atoms with van der Waals surface area (Å²) in [6.07, 6.45) is 1.40. The first-order chi connectivity index (χ1) is 15.0. The molecule has 0 atom stereocenters. The van der Waals surface area contributed by atoms with Crippen LogP contribution < -0.4 is 16.0 Å². The SMILES string of the molecule is Cc1sc(NC(=O)CNC(=O)Cc2ccccc2)nc1-c1ccc2c(c1)CCC(=O)N2. The van der Waals surface area contributed by atoms with Crippen molar-refractivity contribution in [1.29, 1.82) is 0 Å². The van der Waals surface area contributed by atoms with E-state index in [2.05, 4.69) is 20.9 Å². The summed E-state index contributed by atoms with van der Waals surface area (Å²) < 4.78 is 0. The van der Waals surface area contributed by atoms with Gasteiger partial charge in [0.1, 0.15) is 0 Å². The number of aromatic nitrogens is 1. The Bertz CT molecular complexity index is 1140. The molecule has 1 aliphatic rings. The minimum atomic E-state index is -0.324. The second-order valence-corrected chi connectivity index (χ2v) is 8.53. The van der Waals surface area contributed by atoms with Gasteiger partial charge in [0.2, 0.25) is 17.7 Å². The van der Waals surface area contributed by atoms with Crippen LogP contribution in [0.25, 0.3) is 11.3 Å². The third-order valence-electron chi connectivity index (χ3n) is 4.97. The zero-order chi connectivity index (χ0) is 21.8. The minimum Gasteiger partial charge on any atom is -0.347 e. The highest BCUT2D eigenvalue weighted by Gasteiger charge is 2.18. The van der Waals surface area contributed by atoms with Gasteiger partial charge in [-0.25, -0.2) is 4.98 Å². The summed E-state index contributed by atoms with van der Waals surface area (Å²) in [4.78, 5) is 41.3. The third-order valence-corrected chi connectivity index (χ3v) is 5.86. The van der Waals surface area contributed by atoms with Crippen LogP contribution in [0, 0.1) is 6.92 Å². The van der Waals surface area contributed by atoms with Gasteiger partial charge >= 0.3 is 0 Å². The predicted molar refractivity (Wildman–Crippen MR) is 121 cm³/mol. The Hall–Kier alpha value is -3.52. The summed E-state index contributed by atoms with van der Waals surface area (Å²) in [6.45, 7) is 1.84. The van der Waals surface area contributed by atoms with Gasteiger partial charge in [0.25, 0.3) is 0 Å². The van der Waals surface area contributed by atoms with Gasteiger partial charge in [0.05, 0.1) is 18.7 Å². The molecule has 0 radical (unpaired) electrons. The molecule has 4 rings (SSSR count). The highest BCUT2D eigenvalue weighted by Crippen LogP contribution is 2.33. The molecule has 7 nitrogen and oxygen atoms in total. The quantitative estimate of drug-likeness (QED) is 0.554. The first-order valence-corrected chi connectivity index (χ1v) is 10.8. The number of hydrogen-bond acceptors (Lipinski definition) is 5. The number of thiazole rings is 1. The van der Waals surface area contributed by atoms with Crippen molar-refractivity contribution in [3.63, 3.8) is 0 Å². The number of aryl methyl sites for hydroxylation is 2. The van der Waals surface area contributed by atoms with Crippen LogP contribution in [-0.4, -0.2) is 29.3 Å². The zero-order valence-corrected chi connectivity index (χ0v) is 17.8. The first-order valence-electron chi connectivity index (χ1n) is 9.99. The lowest BCUT2D eigenvalue weighted by atomic mass is 9.99. The molecule has 1 aromatic heterocycles. The molecule has 3 amide bonds. The topological polar surface area (TPSA) is 100 Å².